The van der Waals surface area contributed by atoms with Crippen molar-refractivity contribution < 1.29 is 0 Å². The maximum atomic E-state index is 5.72. The summed E-state index contributed by atoms with van der Waals surface area (Å²) < 4.78 is 0. The van der Waals surface area contributed by atoms with Crippen molar-refractivity contribution in [3.8, 4) is 0 Å². The van der Waals surface area contributed by atoms with Gasteiger partial charge < -0.3 is 11.1 Å². The van der Waals surface area contributed by atoms with Crippen LogP contribution in [0.25, 0.3) is 0 Å². The van der Waals surface area contributed by atoms with E-state index in [0.717, 1.165) is 11.4 Å². The Labute approximate surface area is 70.2 Å². The summed E-state index contributed by atoms with van der Waals surface area (Å²) in [6, 6.07) is 8.23. The monoisotopic (exact) mass is 166 g/mol. The number of hydrogen-bond acceptors (Lipinski definition) is 3. The van der Waals surface area contributed by atoms with Crippen LogP contribution in [0.1, 0.15) is 0 Å². The third-order valence-corrected chi connectivity index (χ3v) is 2.84. The molecule has 2 rings (SSSR count). The minimum absolute atomic E-state index is 0.106. The first-order valence-electron chi connectivity index (χ1n) is 3.60. The second-order valence-electron chi connectivity index (χ2n) is 2.56. The van der Waals surface area contributed by atoms with E-state index in [-0.39, 0.29) is 6.17 Å². The fourth-order valence-electron chi connectivity index (χ4n) is 1.13. The Morgan fingerprint density at radius 3 is 3.18 bits per heavy atom. The molecule has 1 aliphatic rings. The lowest BCUT2D eigenvalue weighted by Gasteiger charge is -2.22. The maximum Gasteiger partial charge on any atom is 0.0839 e. The molecule has 1 aliphatic heterocycles. The van der Waals surface area contributed by atoms with Gasteiger partial charge in [0, 0.05) is 16.3 Å². The number of rotatable bonds is 0. The zero-order valence-electron chi connectivity index (χ0n) is 6.08. The summed E-state index contributed by atoms with van der Waals surface area (Å²) in [6.45, 7) is 0. The van der Waals surface area contributed by atoms with Gasteiger partial charge >= 0.3 is 0 Å². The summed E-state index contributed by atoms with van der Waals surface area (Å²) in [7, 11) is 0. The third-order valence-electron chi connectivity index (χ3n) is 1.65. The number of thioether (sulfide) groups is 1. The van der Waals surface area contributed by atoms with E-state index in [0.29, 0.717) is 0 Å². The van der Waals surface area contributed by atoms with E-state index in [2.05, 4.69) is 17.4 Å². The number of nitrogens with one attached hydrogen (secondary N) is 1. The standard InChI is InChI=1S/C8H10N2S/c9-8-5-11-7-4-2-1-3-6(7)10-8/h1-4,8,10H,5,9H2. The van der Waals surface area contributed by atoms with Crippen LogP contribution in [0.3, 0.4) is 0 Å². The number of benzene rings is 1. The van der Waals surface area contributed by atoms with Crippen molar-refractivity contribution in [1.29, 1.82) is 0 Å². The van der Waals surface area contributed by atoms with E-state index < -0.39 is 0 Å². The summed E-state index contributed by atoms with van der Waals surface area (Å²) in [6.07, 6.45) is 0.106. The van der Waals surface area contributed by atoms with Crippen molar-refractivity contribution in [2.75, 3.05) is 11.1 Å². The van der Waals surface area contributed by atoms with Crippen LogP contribution in [0.2, 0.25) is 0 Å². The fraction of sp³-hybridized carbons (Fsp3) is 0.250. The number of para-hydroxylation sites is 1. The highest BCUT2D eigenvalue weighted by Crippen LogP contribution is 2.31. The van der Waals surface area contributed by atoms with Gasteiger partial charge in [0.1, 0.15) is 0 Å². The Morgan fingerprint density at radius 2 is 2.27 bits per heavy atom. The van der Waals surface area contributed by atoms with E-state index in [1.54, 1.807) is 0 Å². The normalized spacial score (nSPS) is 22.1. The van der Waals surface area contributed by atoms with Gasteiger partial charge in [0.05, 0.1) is 6.17 Å². The zero-order chi connectivity index (χ0) is 7.68. The Kier molecular flexibility index (Phi) is 1.75. The smallest absolute Gasteiger partial charge is 0.0839 e. The largest absolute Gasteiger partial charge is 0.368 e. The SMILES string of the molecule is NC1CSc2ccccc2N1. The van der Waals surface area contributed by atoms with E-state index in [4.69, 9.17) is 5.73 Å². The molecule has 0 saturated heterocycles. The van der Waals surface area contributed by atoms with Gasteiger partial charge in [-0.2, -0.15) is 0 Å². The summed E-state index contributed by atoms with van der Waals surface area (Å²) in [5, 5.41) is 3.22. The number of anilines is 1. The molecule has 2 nitrogen and oxygen atoms in total. The quantitative estimate of drug-likeness (QED) is 0.613. The number of hydrogen-bond donors (Lipinski definition) is 2. The number of nitrogens with two attached hydrogens (primary N) is 1. The molecule has 0 aliphatic carbocycles. The minimum Gasteiger partial charge on any atom is -0.368 e. The van der Waals surface area contributed by atoms with Crippen molar-refractivity contribution in [1.82, 2.24) is 0 Å². The molecule has 1 aromatic rings. The van der Waals surface area contributed by atoms with E-state index >= 15 is 0 Å². The molecule has 1 atom stereocenters. The average molecular weight is 166 g/mol. The molecule has 0 fully saturated rings. The number of fused-ring (bicyclic) bond motifs is 1. The molecule has 0 aromatic heterocycles. The molecule has 1 aromatic carbocycles. The van der Waals surface area contributed by atoms with Gasteiger partial charge in [-0.3, -0.25) is 0 Å². The van der Waals surface area contributed by atoms with Crippen molar-refractivity contribution in [3.05, 3.63) is 24.3 Å². The molecular weight excluding hydrogens is 156 g/mol. The zero-order valence-corrected chi connectivity index (χ0v) is 6.90. The van der Waals surface area contributed by atoms with Crippen molar-refractivity contribution in [2.24, 2.45) is 5.73 Å². The molecule has 0 bridgehead atoms. The lowest BCUT2D eigenvalue weighted by atomic mass is 10.3. The van der Waals surface area contributed by atoms with E-state index in [1.807, 2.05) is 23.9 Å². The fourth-order valence-corrected chi connectivity index (χ4v) is 2.03. The Morgan fingerprint density at radius 1 is 1.45 bits per heavy atom. The molecule has 0 amide bonds. The Balaban J connectivity index is 2.34. The first kappa shape index (κ1) is 7.00. The third kappa shape index (κ3) is 1.34. The highest BCUT2D eigenvalue weighted by Gasteiger charge is 2.12. The first-order valence-corrected chi connectivity index (χ1v) is 4.59. The molecule has 0 spiro atoms. The lowest BCUT2D eigenvalue weighted by molar-refractivity contribution is 0.849. The van der Waals surface area contributed by atoms with Gasteiger partial charge in [0.25, 0.3) is 0 Å². The van der Waals surface area contributed by atoms with Gasteiger partial charge in [-0.15, -0.1) is 11.8 Å². The summed E-state index contributed by atoms with van der Waals surface area (Å²) in [5.41, 5.74) is 6.88. The first-order chi connectivity index (χ1) is 5.36. The van der Waals surface area contributed by atoms with Crippen molar-refractivity contribution in [3.63, 3.8) is 0 Å². The highest BCUT2D eigenvalue weighted by molar-refractivity contribution is 7.99. The maximum absolute atomic E-state index is 5.72. The average Bonchev–Trinajstić information content (AvgIpc) is 2.04. The van der Waals surface area contributed by atoms with Crippen molar-refractivity contribution in [2.45, 2.75) is 11.1 Å². The van der Waals surface area contributed by atoms with Crippen LogP contribution in [0.15, 0.2) is 29.2 Å². The Hall–Kier alpha value is -0.670. The molecule has 3 N–H and O–H groups in total. The van der Waals surface area contributed by atoms with Gasteiger partial charge in [-0.1, -0.05) is 12.1 Å². The van der Waals surface area contributed by atoms with Crippen LogP contribution in [-0.4, -0.2) is 11.9 Å². The summed E-state index contributed by atoms with van der Waals surface area (Å²) >= 11 is 1.81. The topological polar surface area (TPSA) is 38.0 Å². The molecule has 1 unspecified atom stereocenters. The molecule has 11 heavy (non-hydrogen) atoms. The molecule has 58 valence electrons. The second-order valence-corrected chi connectivity index (χ2v) is 3.62. The van der Waals surface area contributed by atoms with Gasteiger partial charge in [-0.05, 0) is 12.1 Å². The van der Waals surface area contributed by atoms with Crippen LogP contribution >= 0.6 is 11.8 Å². The van der Waals surface area contributed by atoms with Gasteiger partial charge in [-0.25, -0.2) is 0 Å². The van der Waals surface area contributed by atoms with Gasteiger partial charge in [0.2, 0.25) is 0 Å². The molecule has 1 heterocycles. The van der Waals surface area contributed by atoms with Crippen LogP contribution in [0.5, 0.6) is 0 Å². The van der Waals surface area contributed by atoms with Crippen LogP contribution in [0, 0.1) is 0 Å². The molecule has 0 saturated carbocycles. The minimum atomic E-state index is 0.106. The summed E-state index contributed by atoms with van der Waals surface area (Å²) in [4.78, 5) is 1.30. The van der Waals surface area contributed by atoms with Crippen LogP contribution in [0.4, 0.5) is 5.69 Å². The predicted octanol–water partition coefficient (Wildman–Crippen LogP) is 1.49. The van der Waals surface area contributed by atoms with E-state index in [1.165, 1.54) is 4.90 Å². The highest BCUT2D eigenvalue weighted by atomic mass is 32.2. The summed E-state index contributed by atoms with van der Waals surface area (Å²) in [5.74, 6) is 0.955. The van der Waals surface area contributed by atoms with E-state index in [9.17, 15) is 0 Å². The van der Waals surface area contributed by atoms with Crippen LogP contribution < -0.4 is 11.1 Å². The molecule has 3 heteroatoms. The second kappa shape index (κ2) is 2.75. The van der Waals surface area contributed by atoms with Gasteiger partial charge in [0.15, 0.2) is 0 Å². The Bertz CT molecular complexity index is 262. The molecule has 0 radical (unpaired) electrons. The lowest BCUT2D eigenvalue weighted by Crippen LogP contribution is -2.34. The predicted molar refractivity (Wildman–Crippen MR) is 48.8 cm³/mol. The van der Waals surface area contributed by atoms with Crippen LogP contribution in [-0.2, 0) is 0 Å². The van der Waals surface area contributed by atoms with Crippen molar-refractivity contribution >= 4 is 17.4 Å². The molecular formula is C8H10N2S.